The molecule has 0 aliphatic carbocycles. The molecular formula is C15H8Cl3N5. The highest BCUT2D eigenvalue weighted by molar-refractivity contribution is 6.39. The summed E-state index contributed by atoms with van der Waals surface area (Å²) < 4.78 is 1.81. The summed E-state index contributed by atoms with van der Waals surface area (Å²) in [4.78, 5) is 13.1. The maximum atomic E-state index is 6.22. The Morgan fingerprint density at radius 1 is 0.957 bits per heavy atom. The lowest BCUT2D eigenvalue weighted by molar-refractivity contribution is 1.14. The van der Waals surface area contributed by atoms with Crippen molar-refractivity contribution in [1.82, 2.24) is 19.4 Å². The van der Waals surface area contributed by atoms with Crippen LogP contribution in [0.2, 0.25) is 15.2 Å². The van der Waals surface area contributed by atoms with Crippen LogP contribution in [0.4, 0.5) is 11.5 Å². The van der Waals surface area contributed by atoms with Crippen molar-refractivity contribution in [1.29, 1.82) is 0 Å². The normalized spacial score (nSPS) is 11.3. The van der Waals surface area contributed by atoms with Crippen molar-refractivity contribution in [3.8, 4) is 0 Å². The predicted molar refractivity (Wildman–Crippen MR) is 93.0 cm³/mol. The Morgan fingerprint density at radius 2 is 1.74 bits per heavy atom. The van der Waals surface area contributed by atoms with E-state index in [4.69, 9.17) is 34.8 Å². The molecule has 0 saturated heterocycles. The first-order chi connectivity index (χ1) is 11.1. The average molecular weight is 365 g/mol. The van der Waals surface area contributed by atoms with Gasteiger partial charge < -0.3 is 5.32 Å². The standard InChI is InChI=1S/C15H8Cl3N5/c16-8-2-1-3-9(17)13(8)22-14-11-6-19-7-23(11)15-10(20-14)4-5-12(18)21-15/h1-7H,(H,20,22). The molecule has 0 amide bonds. The van der Waals surface area contributed by atoms with E-state index < -0.39 is 0 Å². The van der Waals surface area contributed by atoms with E-state index in [1.54, 1.807) is 47.3 Å². The van der Waals surface area contributed by atoms with Crippen LogP contribution < -0.4 is 5.32 Å². The fourth-order valence-corrected chi connectivity index (χ4v) is 2.96. The van der Waals surface area contributed by atoms with E-state index in [-0.39, 0.29) is 0 Å². The zero-order valence-corrected chi connectivity index (χ0v) is 13.7. The molecule has 0 unspecified atom stereocenters. The van der Waals surface area contributed by atoms with Crippen LogP contribution in [0.5, 0.6) is 0 Å². The number of anilines is 2. The number of hydrogen-bond donors (Lipinski definition) is 1. The van der Waals surface area contributed by atoms with Gasteiger partial charge in [-0.1, -0.05) is 40.9 Å². The van der Waals surface area contributed by atoms with Gasteiger partial charge in [0.05, 0.1) is 21.9 Å². The van der Waals surface area contributed by atoms with Gasteiger partial charge in [0.15, 0.2) is 11.5 Å². The van der Waals surface area contributed by atoms with Crippen LogP contribution >= 0.6 is 34.8 Å². The predicted octanol–water partition coefficient (Wildman–Crippen LogP) is 4.98. The summed E-state index contributed by atoms with van der Waals surface area (Å²) in [5.41, 5.74) is 2.63. The minimum absolute atomic E-state index is 0.393. The molecule has 3 aromatic heterocycles. The van der Waals surface area contributed by atoms with E-state index in [2.05, 4.69) is 20.3 Å². The smallest absolute Gasteiger partial charge is 0.166 e. The number of nitrogens with zero attached hydrogens (tertiary/aromatic N) is 4. The van der Waals surface area contributed by atoms with E-state index in [9.17, 15) is 0 Å². The second-order valence-electron chi connectivity index (χ2n) is 4.81. The van der Waals surface area contributed by atoms with Crippen LogP contribution in [-0.4, -0.2) is 19.4 Å². The van der Waals surface area contributed by atoms with Crippen molar-refractivity contribution < 1.29 is 0 Å². The Bertz CT molecular complexity index is 1020. The Morgan fingerprint density at radius 3 is 2.52 bits per heavy atom. The largest absolute Gasteiger partial charge is 0.336 e. The second kappa shape index (κ2) is 5.53. The number of aromatic nitrogens is 4. The molecule has 0 saturated carbocycles. The molecule has 0 atom stereocenters. The fourth-order valence-electron chi connectivity index (χ4n) is 2.33. The molecule has 3 heterocycles. The highest BCUT2D eigenvalue weighted by atomic mass is 35.5. The highest BCUT2D eigenvalue weighted by Crippen LogP contribution is 2.33. The average Bonchev–Trinajstić information content (AvgIpc) is 3.01. The summed E-state index contributed by atoms with van der Waals surface area (Å²) in [5.74, 6) is 0.578. The molecule has 0 bridgehead atoms. The number of nitrogens with one attached hydrogen (secondary N) is 1. The molecule has 23 heavy (non-hydrogen) atoms. The maximum absolute atomic E-state index is 6.22. The number of imidazole rings is 1. The van der Waals surface area contributed by atoms with Gasteiger partial charge in [0.1, 0.15) is 22.5 Å². The van der Waals surface area contributed by atoms with Crippen molar-refractivity contribution >= 4 is 63.0 Å². The molecule has 4 rings (SSSR count). The lowest BCUT2D eigenvalue weighted by Crippen LogP contribution is -2.01. The van der Waals surface area contributed by atoms with E-state index in [0.29, 0.717) is 37.9 Å². The van der Waals surface area contributed by atoms with Crippen molar-refractivity contribution in [2.75, 3.05) is 5.32 Å². The molecule has 8 heteroatoms. The summed E-state index contributed by atoms with van der Waals surface area (Å²) in [5, 5.41) is 4.58. The number of hydrogen-bond acceptors (Lipinski definition) is 4. The first-order valence-corrected chi connectivity index (χ1v) is 7.76. The third-order valence-corrected chi connectivity index (χ3v) is 4.21. The van der Waals surface area contributed by atoms with E-state index in [1.165, 1.54) is 0 Å². The molecule has 114 valence electrons. The SMILES string of the molecule is Clc1ccc2nc(Nc3c(Cl)cccc3Cl)c3cncn3c2n1. The Kier molecular flexibility index (Phi) is 3.49. The van der Waals surface area contributed by atoms with Crippen LogP contribution in [0.15, 0.2) is 42.9 Å². The summed E-state index contributed by atoms with van der Waals surface area (Å²) >= 11 is 18.4. The third kappa shape index (κ3) is 2.47. The third-order valence-electron chi connectivity index (χ3n) is 3.37. The lowest BCUT2D eigenvalue weighted by Gasteiger charge is -2.12. The van der Waals surface area contributed by atoms with Crippen molar-refractivity contribution in [2.45, 2.75) is 0 Å². The summed E-state index contributed by atoms with van der Waals surface area (Å²) in [6.45, 7) is 0. The van der Waals surface area contributed by atoms with Crippen LogP contribution in [0, 0.1) is 0 Å². The van der Waals surface area contributed by atoms with Crippen LogP contribution in [0.3, 0.4) is 0 Å². The molecular weight excluding hydrogens is 357 g/mol. The van der Waals surface area contributed by atoms with Gasteiger partial charge in [0, 0.05) is 0 Å². The van der Waals surface area contributed by atoms with Crippen LogP contribution in [0.25, 0.3) is 16.7 Å². The zero-order valence-electron chi connectivity index (χ0n) is 11.5. The molecule has 0 spiro atoms. The topological polar surface area (TPSA) is 55.1 Å². The second-order valence-corrected chi connectivity index (χ2v) is 6.01. The number of pyridine rings is 1. The summed E-state index contributed by atoms with van der Waals surface area (Å²) in [7, 11) is 0. The minimum atomic E-state index is 0.393. The van der Waals surface area contributed by atoms with Gasteiger partial charge in [-0.2, -0.15) is 0 Å². The molecule has 0 aliphatic heterocycles. The lowest BCUT2D eigenvalue weighted by atomic mass is 10.3. The molecule has 0 aliphatic rings. The number of rotatable bonds is 2. The number of fused-ring (bicyclic) bond motifs is 3. The van der Waals surface area contributed by atoms with Gasteiger partial charge in [-0.05, 0) is 24.3 Å². The van der Waals surface area contributed by atoms with Crippen molar-refractivity contribution in [3.05, 3.63) is 58.1 Å². The first-order valence-electron chi connectivity index (χ1n) is 6.63. The van der Waals surface area contributed by atoms with Crippen molar-refractivity contribution in [2.24, 2.45) is 0 Å². The van der Waals surface area contributed by atoms with E-state index in [1.807, 2.05) is 0 Å². The van der Waals surface area contributed by atoms with Gasteiger partial charge in [-0.3, -0.25) is 4.40 Å². The molecule has 4 aromatic rings. The Hall–Kier alpha value is -2.08. The highest BCUT2D eigenvalue weighted by Gasteiger charge is 2.13. The van der Waals surface area contributed by atoms with Gasteiger partial charge in [-0.15, -0.1) is 0 Å². The number of para-hydroxylation sites is 1. The van der Waals surface area contributed by atoms with E-state index in [0.717, 1.165) is 5.52 Å². The Balaban J connectivity index is 1.96. The van der Waals surface area contributed by atoms with Crippen LogP contribution in [-0.2, 0) is 0 Å². The maximum Gasteiger partial charge on any atom is 0.166 e. The van der Waals surface area contributed by atoms with Gasteiger partial charge >= 0.3 is 0 Å². The number of benzene rings is 1. The van der Waals surface area contributed by atoms with Crippen molar-refractivity contribution in [3.63, 3.8) is 0 Å². The van der Waals surface area contributed by atoms with Gasteiger partial charge in [0.25, 0.3) is 0 Å². The summed E-state index contributed by atoms with van der Waals surface area (Å²) in [6, 6.07) is 8.77. The molecule has 0 radical (unpaired) electrons. The molecule has 1 N–H and O–H groups in total. The van der Waals surface area contributed by atoms with Gasteiger partial charge in [-0.25, -0.2) is 15.0 Å². The molecule has 0 fully saturated rings. The van der Waals surface area contributed by atoms with Crippen LogP contribution in [0.1, 0.15) is 0 Å². The first kappa shape index (κ1) is 14.5. The van der Waals surface area contributed by atoms with E-state index >= 15 is 0 Å². The monoisotopic (exact) mass is 363 g/mol. The minimum Gasteiger partial charge on any atom is -0.336 e. The number of halogens is 3. The molecule has 1 aromatic carbocycles. The zero-order chi connectivity index (χ0) is 16.0. The van der Waals surface area contributed by atoms with Gasteiger partial charge in [0.2, 0.25) is 0 Å². The summed E-state index contributed by atoms with van der Waals surface area (Å²) in [6.07, 6.45) is 3.34. The quantitative estimate of drug-likeness (QED) is 0.510. The fraction of sp³-hybridized carbons (Fsp3) is 0. The molecule has 5 nitrogen and oxygen atoms in total. The Labute approximate surface area is 145 Å².